The van der Waals surface area contributed by atoms with Gasteiger partial charge in [0.05, 0.1) is 13.2 Å². The second-order valence-electron chi connectivity index (χ2n) is 5.37. The Balaban J connectivity index is 3.28. The number of benzene rings is 1. The summed E-state index contributed by atoms with van der Waals surface area (Å²) < 4.78 is 90.2. The molecule has 0 heterocycles. The molecule has 0 amide bonds. The Kier molecular flexibility index (Phi) is 8.05. The molecule has 0 saturated heterocycles. The first-order valence-electron chi connectivity index (χ1n) is 7.91. The van der Waals surface area contributed by atoms with Crippen molar-refractivity contribution in [1.82, 2.24) is 0 Å². The van der Waals surface area contributed by atoms with Crippen molar-refractivity contribution in [2.24, 2.45) is 0 Å². The maximum atomic E-state index is 13.4. The second kappa shape index (κ2) is 9.54. The Bertz CT molecular complexity index is 552. The highest BCUT2D eigenvalue weighted by Crippen LogP contribution is 2.49. The summed E-state index contributed by atoms with van der Waals surface area (Å²) in [5.41, 5.74) is -3.74. The first kappa shape index (κ1) is 21.9. The highest BCUT2D eigenvalue weighted by Gasteiger charge is 2.48. The van der Waals surface area contributed by atoms with Gasteiger partial charge in [0, 0.05) is 0 Å². The third-order valence-electron chi connectivity index (χ3n) is 3.32. The molecule has 0 aliphatic carbocycles. The normalized spacial score (nSPS) is 11.9. The van der Waals surface area contributed by atoms with E-state index in [4.69, 9.17) is 9.47 Å². The molecule has 0 bridgehead atoms. The fourth-order valence-electron chi connectivity index (χ4n) is 2.19. The predicted molar refractivity (Wildman–Crippen MR) is 86.3 cm³/mol. The van der Waals surface area contributed by atoms with Crippen molar-refractivity contribution in [3.05, 3.63) is 48.6 Å². The van der Waals surface area contributed by atoms with Crippen LogP contribution in [0.25, 0.3) is 0 Å². The van der Waals surface area contributed by atoms with Gasteiger partial charge in [0.1, 0.15) is 22.6 Å². The molecule has 1 aromatic carbocycles. The van der Waals surface area contributed by atoms with Crippen LogP contribution in [0.1, 0.15) is 36.8 Å². The summed E-state index contributed by atoms with van der Waals surface area (Å²) in [6, 6.07) is 1.71. The summed E-state index contributed by atoms with van der Waals surface area (Å²) in [5.74, 6) is -1.74. The number of halogens is 6. The molecular weight excluding hydrogens is 362 g/mol. The summed E-state index contributed by atoms with van der Waals surface area (Å²) in [6.45, 7) is 6.59. The highest BCUT2D eigenvalue weighted by atomic mass is 19.4. The minimum Gasteiger partial charge on any atom is -0.493 e. The van der Waals surface area contributed by atoms with Gasteiger partial charge in [-0.2, -0.15) is 26.3 Å². The van der Waals surface area contributed by atoms with Crippen molar-refractivity contribution in [2.45, 2.75) is 38.0 Å². The molecule has 0 aliphatic heterocycles. The van der Waals surface area contributed by atoms with Gasteiger partial charge in [0.2, 0.25) is 0 Å². The van der Waals surface area contributed by atoms with Crippen LogP contribution >= 0.6 is 0 Å². The Hall–Kier alpha value is -2.12. The van der Waals surface area contributed by atoms with Crippen LogP contribution in [0, 0.1) is 0 Å². The lowest BCUT2D eigenvalue weighted by atomic mass is 10.0. The summed E-state index contributed by atoms with van der Waals surface area (Å²) in [6.07, 6.45) is -5.82. The van der Waals surface area contributed by atoms with Gasteiger partial charge in [-0.05, 0) is 37.8 Å². The summed E-state index contributed by atoms with van der Waals surface area (Å²) in [5, 5.41) is 0. The van der Waals surface area contributed by atoms with E-state index in [1.54, 1.807) is 0 Å². The zero-order valence-electron chi connectivity index (χ0n) is 14.1. The van der Waals surface area contributed by atoms with Crippen LogP contribution < -0.4 is 9.47 Å². The van der Waals surface area contributed by atoms with Gasteiger partial charge in [0.15, 0.2) is 0 Å². The number of ether oxygens (including phenoxy) is 2. The van der Waals surface area contributed by atoms with Crippen LogP contribution in [0.15, 0.2) is 37.4 Å². The van der Waals surface area contributed by atoms with E-state index in [-0.39, 0.29) is 13.2 Å². The standard InChI is InChI=1S/C18H20F6O2/c1-3-5-7-11-25-13-9-10-14(26-12-8-6-4-2)16(18(22,23)24)15(13)17(19,20)21/h3-4,9-10H,1-2,5-8,11-12H2. The third kappa shape index (κ3) is 6.31. The Morgan fingerprint density at radius 3 is 1.35 bits per heavy atom. The number of rotatable bonds is 10. The lowest BCUT2D eigenvalue weighted by Gasteiger charge is -2.22. The minimum absolute atomic E-state index is 0.161. The zero-order valence-corrected chi connectivity index (χ0v) is 14.1. The van der Waals surface area contributed by atoms with Gasteiger partial charge in [-0.3, -0.25) is 0 Å². The number of hydrogen-bond acceptors (Lipinski definition) is 2. The number of unbranched alkanes of at least 4 members (excludes halogenated alkanes) is 2. The van der Waals surface area contributed by atoms with Crippen LogP contribution in [-0.4, -0.2) is 13.2 Å². The smallest absolute Gasteiger partial charge is 0.420 e. The zero-order chi connectivity index (χ0) is 19.8. The molecule has 0 aromatic heterocycles. The van der Waals surface area contributed by atoms with Crippen LogP contribution in [0.5, 0.6) is 11.5 Å². The topological polar surface area (TPSA) is 18.5 Å². The first-order chi connectivity index (χ1) is 12.1. The summed E-state index contributed by atoms with van der Waals surface area (Å²) in [7, 11) is 0. The van der Waals surface area contributed by atoms with Crippen molar-refractivity contribution in [3.8, 4) is 11.5 Å². The van der Waals surface area contributed by atoms with Gasteiger partial charge in [-0.15, -0.1) is 13.2 Å². The van der Waals surface area contributed by atoms with Gasteiger partial charge >= 0.3 is 12.4 Å². The maximum absolute atomic E-state index is 13.4. The van der Waals surface area contributed by atoms with Crippen LogP contribution in [-0.2, 0) is 12.4 Å². The van der Waals surface area contributed by atoms with E-state index < -0.39 is 35.0 Å². The van der Waals surface area contributed by atoms with Gasteiger partial charge in [-0.25, -0.2) is 0 Å². The van der Waals surface area contributed by atoms with Gasteiger partial charge in [-0.1, -0.05) is 12.2 Å². The van der Waals surface area contributed by atoms with E-state index in [0.29, 0.717) is 25.7 Å². The number of alkyl halides is 6. The van der Waals surface area contributed by atoms with E-state index in [1.165, 1.54) is 12.2 Å². The molecule has 0 atom stereocenters. The summed E-state index contributed by atoms with van der Waals surface area (Å²) >= 11 is 0. The molecular formula is C18H20F6O2. The second-order valence-corrected chi connectivity index (χ2v) is 5.37. The number of hydrogen-bond donors (Lipinski definition) is 0. The van der Waals surface area contributed by atoms with E-state index in [9.17, 15) is 26.3 Å². The molecule has 0 unspecified atom stereocenters. The molecule has 8 heteroatoms. The van der Waals surface area contributed by atoms with Gasteiger partial charge < -0.3 is 9.47 Å². The largest absolute Gasteiger partial charge is 0.493 e. The predicted octanol–water partition coefficient (Wildman–Crippen LogP) is 6.41. The first-order valence-corrected chi connectivity index (χ1v) is 7.91. The molecule has 2 nitrogen and oxygen atoms in total. The lowest BCUT2D eigenvalue weighted by Crippen LogP contribution is -2.20. The quantitative estimate of drug-likeness (QED) is 0.264. The Morgan fingerprint density at radius 2 is 1.08 bits per heavy atom. The monoisotopic (exact) mass is 382 g/mol. The molecule has 0 spiro atoms. The molecule has 0 saturated carbocycles. The fourth-order valence-corrected chi connectivity index (χ4v) is 2.19. The molecule has 0 aliphatic rings. The molecule has 26 heavy (non-hydrogen) atoms. The average Bonchev–Trinajstić information content (AvgIpc) is 2.54. The molecule has 1 rings (SSSR count). The Morgan fingerprint density at radius 1 is 0.731 bits per heavy atom. The van der Waals surface area contributed by atoms with Gasteiger partial charge in [0.25, 0.3) is 0 Å². The van der Waals surface area contributed by atoms with Crippen molar-refractivity contribution in [1.29, 1.82) is 0 Å². The molecule has 0 fully saturated rings. The highest BCUT2D eigenvalue weighted by molar-refractivity contribution is 5.52. The van der Waals surface area contributed by atoms with Crippen molar-refractivity contribution >= 4 is 0 Å². The molecule has 146 valence electrons. The molecule has 1 aromatic rings. The average molecular weight is 382 g/mol. The van der Waals surface area contributed by atoms with Crippen molar-refractivity contribution in [2.75, 3.05) is 13.2 Å². The van der Waals surface area contributed by atoms with E-state index in [0.717, 1.165) is 12.1 Å². The van der Waals surface area contributed by atoms with Crippen LogP contribution in [0.4, 0.5) is 26.3 Å². The fraction of sp³-hybridized carbons (Fsp3) is 0.444. The maximum Gasteiger partial charge on any atom is 0.420 e. The summed E-state index contributed by atoms with van der Waals surface area (Å²) in [4.78, 5) is 0. The van der Waals surface area contributed by atoms with Crippen molar-refractivity contribution in [3.63, 3.8) is 0 Å². The van der Waals surface area contributed by atoms with Crippen molar-refractivity contribution < 1.29 is 35.8 Å². The van der Waals surface area contributed by atoms with E-state index in [2.05, 4.69) is 13.2 Å². The van der Waals surface area contributed by atoms with Crippen LogP contribution in [0.2, 0.25) is 0 Å². The minimum atomic E-state index is -5.25. The SMILES string of the molecule is C=CCCCOc1ccc(OCCCC=C)c(C(F)(F)F)c1C(F)(F)F. The van der Waals surface area contributed by atoms with Crippen LogP contribution in [0.3, 0.4) is 0 Å². The molecule has 0 N–H and O–H groups in total. The number of allylic oxidation sites excluding steroid dienone is 2. The van der Waals surface area contributed by atoms with E-state index >= 15 is 0 Å². The lowest BCUT2D eigenvalue weighted by molar-refractivity contribution is -0.164. The Labute approximate surface area is 148 Å². The third-order valence-corrected chi connectivity index (χ3v) is 3.32. The van der Waals surface area contributed by atoms with E-state index in [1.807, 2.05) is 0 Å². The molecule has 0 radical (unpaired) electrons.